The minimum absolute atomic E-state index is 0.134. The van der Waals surface area contributed by atoms with Gasteiger partial charge >= 0.3 is 0 Å². The predicted octanol–water partition coefficient (Wildman–Crippen LogP) is 4.30. The number of fused-ring (bicyclic) bond motifs is 4. The number of hydrogen-bond acceptors (Lipinski definition) is 4. The Labute approximate surface area is 205 Å². The average Bonchev–Trinajstić information content (AvgIpc) is 3.54. The first kappa shape index (κ1) is 19.7. The first-order chi connectivity index (χ1) is 17.1. The Hall–Kier alpha value is -2.50. The highest BCUT2D eigenvalue weighted by Crippen LogP contribution is 2.69. The molecule has 5 heteroatoms. The van der Waals surface area contributed by atoms with Crippen molar-refractivity contribution in [3.63, 3.8) is 0 Å². The number of methoxy groups -OCH3 is 1. The number of aromatic nitrogens is 1. The summed E-state index contributed by atoms with van der Waals surface area (Å²) in [6.45, 7) is 3.21. The Balaban J connectivity index is 1.36. The molecule has 3 aliphatic carbocycles. The molecule has 5 nitrogen and oxygen atoms in total. The van der Waals surface area contributed by atoms with Crippen LogP contribution in [0.1, 0.15) is 59.7 Å². The minimum atomic E-state index is -0.842. The van der Waals surface area contributed by atoms with E-state index in [9.17, 15) is 5.11 Å². The van der Waals surface area contributed by atoms with E-state index in [4.69, 9.17) is 9.47 Å². The normalized spacial score (nSPS) is 33.9. The molecule has 2 fully saturated rings. The van der Waals surface area contributed by atoms with Crippen LogP contribution in [0, 0.1) is 5.92 Å². The van der Waals surface area contributed by atoms with Crippen molar-refractivity contribution in [2.45, 2.75) is 74.7 Å². The van der Waals surface area contributed by atoms with E-state index in [1.54, 1.807) is 7.11 Å². The molecule has 6 aliphatic rings. The summed E-state index contributed by atoms with van der Waals surface area (Å²) in [5, 5.41) is 14.4. The van der Waals surface area contributed by atoms with Gasteiger partial charge in [0.2, 0.25) is 0 Å². The lowest BCUT2D eigenvalue weighted by Crippen LogP contribution is -2.74. The molecule has 1 saturated heterocycles. The van der Waals surface area contributed by atoms with Crippen molar-refractivity contribution in [2.75, 3.05) is 20.2 Å². The van der Waals surface area contributed by atoms with Crippen molar-refractivity contribution in [3.05, 3.63) is 58.3 Å². The van der Waals surface area contributed by atoms with E-state index < -0.39 is 11.0 Å². The number of piperidine rings is 1. The van der Waals surface area contributed by atoms with E-state index in [-0.39, 0.29) is 12.1 Å². The molecule has 4 heterocycles. The van der Waals surface area contributed by atoms with Gasteiger partial charge in [-0.05, 0) is 73.7 Å². The van der Waals surface area contributed by atoms with E-state index in [0.29, 0.717) is 0 Å². The van der Waals surface area contributed by atoms with Crippen molar-refractivity contribution in [1.29, 1.82) is 0 Å². The highest BCUT2D eigenvalue weighted by atomic mass is 16.5. The zero-order chi connectivity index (χ0) is 23.1. The van der Waals surface area contributed by atoms with Gasteiger partial charge in [-0.2, -0.15) is 0 Å². The summed E-state index contributed by atoms with van der Waals surface area (Å²) >= 11 is 0. The van der Waals surface area contributed by atoms with Gasteiger partial charge in [-0.3, -0.25) is 4.90 Å². The lowest BCUT2D eigenvalue weighted by molar-refractivity contribution is -0.173. The molecule has 4 atom stereocenters. The van der Waals surface area contributed by atoms with Gasteiger partial charge in [0.15, 0.2) is 17.6 Å². The second-order valence-electron chi connectivity index (χ2n) is 12.0. The number of ether oxygens (including phenoxy) is 2. The summed E-state index contributed by atoms with van der Waals surface area (Å²) in [4.78, 5) is 2.65. The van der Waals surface area contributed by atoms with E-state index in [1.165, 1.54) is 51.7 Å². The third kappa shape index (κ3) is 2.13. The Morgan fingerprint density at radius 1 is 1.14 bits per heavy atom. The predicted molar refractivity (Wildman–Crippen MR) is 133 cm³/mol. The molecule has 2 bridgehead atoms. The van der Waals surface area contributed by atoms with Gasteiger partial charge in [0.25, 0.3) is 0 Å². The van der Waals surface area contributed by atoms with Crippen LogP contribution in [0.5, 0.6) is 11.5 Å². The van der Waals surface area contributed by atoms with Gasteiger partial charge in [0.1, 0.15) is 0 Å². The van der Waals surface area contributed by atoms with Crippen molar-refractivity contribution >= 4 is 10.9 Å². The van der Waals surface area contributed by atoms with Crippen molar-refractivity contribution in [1.82, 2.24) is 9.47 Å². The zero-order valence-corrected chi connectivity index (χ0v) is 20.3. The van der Waals surface area contributed by atoms with Gasteiger partial charge in [0.05, 0.1) is 29.3 Å². The standard InChI is InChI=1S/C30H32N2O3/c1-34-22-10-9-19-14-23-30(33)15-21-20-6-2-4-18-5-3-12-32(25(18)20)26(21)28-29(30,24(19)27(22)35-28)11-13-31(23)16-17-7-8-17/h2,4,6,9-10,17,23,28,33H,3,5,7-8,11-16H2,1H3/t23-,28+,29+,30-/m1/s1. The van der Waals surface area contributed by atoms with Crippen LogP contribution < -0.4 is 9.47 Å². The lowest BCUT2D eigenvalue weighted by atomic mass is 9.49. The molecule has 1 spiro atoms. The quantitative estimate of drug-likeness (QED) is 0.623. The number of nitrogens with zero attached hydrogens (tertiary/aromatic N) is 2. The first-order valence-corrected chi connectivity index (χ1v) is 13.6. The van der Waals surface area contributed by atoms with Crippen LogP contribution >= 0.6 is 0 Å². The summed E-state index contributed by atoms with van der Waals surface area (Å²) in [6, 6.07) is 11.3. The Kier molecular flexibility index (Phi) is 3.51. The van der Waals surface area contributed by atoms with Crippen LogP contribution in [0.4, 0.5) is 0 Å². The number of aliphatic hydroxyl groups is 1. The van der Waals surface area contributed by atoms with Crippen LogP contribution in [0.2, 0.25) is 0 Å². The third-order valence-corrected chi connectivity index (χ3v) is 10.6. The van der Waals surface area contributed by atoms with Gasteiger partial charge in [-0.1, -0.05) is 24.3 Å². The topological polar surface area (TPSA) is 46.9 Å². The minimum Gasteiger partial charge on any atom is -0.493 e. The van der Waals surface area contributed by atoms with Crippen molar-refractivity contribution in [2.24, 2.45) is 5.92 Å². The Bertz CT molecular complexity index is 1440. The molecule has 3 aliphatic heterocycles. The summed E-state index contributed by atoms with van der Waals surface area (Å²) in [7, 11) is 1.74. The second-order valence-corrected chi connectivity index (χ2v) is 12.0. The maximum atomic E-state index is 13.1. The van der Waals surface area contributed by atoms with Gasteiger partial charge < -0.3 is 19.1 Å². The highest BCUT2D eigenvalue weighted by Gasteiger charge is 2.73. The molecule has 0 radical (unpaired) electrons. The van der Waals surface area contributed by atoms with E-state index in [2.05, 4.69) is 39.8 Å². The molecule has 0 amide bonds. The number of likely N-dealkylation sites (tertiary alicyclic amines) is 1. The van der Waals surface area contributed by atoms with Gasteiger partial charge in [-0.25, -0.2) is 0 Å². The summed E-state index contributed by atoms with van der Waals surface area (Å²) in [6.07, 6.45) is 7.38. The Morgan fingerprint density at radius 2 is 2.06 bits per heavy atom. The van der Waals surface area contributed by atoms with Crippen LogP contribution in [-0.4, -0.2) is 46.4 Å². The summed E-state index contributed by atoms with van der Waals surface area (Å²) < 4.78 is 15.4. The van der Waals surface area contributed by atoms with Crippen LogP contribution in [0.15, 0.2) is 30.3 Å². The third-order valence-electron chi connectivity index (χ3n) is 10.6. The van der Waals surface area contributed by atoms with Gasteiger partial charge in [0, 0.05) is 36.5 Å². The second kappa shape index (κ2) is 6.24. The molecule has 9 rings (SSSR count). The van der Waals surface area contributed by atoms with Crippen LogP contribution in [0.3, 0.4) is 0 Å². The number of aryl methyl sites for hydroxylation is 2. The lowest BCUT2D eigenvalue weighted by Gasteiger charge is -2.63. The van der Waals surface area contributed by atoms with E-state index in [1.807, 2.05) is 0 Å². The van der Waals surface area contributed by atoms with Crippen LogP contribution in [-0.2, 0) is 31.2 Å². The average molecular weight is 469 g/mol. The van der Waals surface area contributed by atoms with Gasteiger partial charge in [-0.15, -0.1) is 0 Å². The number of hydrogen-bond donors (Lipinski definition) is 1. The first-order valence-electron chi connectivity index (χ1n) is 13.6. The highest BCUT2D eigenvalue weighted by molar-refractivity contribution is 5.90. The monoisotopic (exact) mass is 468 g/mol. The van der Waals surface area contributed by atoms with Crippen molar-refractivity contribution in [3.8, 4) is 11.5 Å². The Morgan fingerprint density at radius 3 is 2.91 bits per heavy atom. The molecule has 35 heavy (non-hydrogen) atoms. The fourth-order valence-corrected chi connectivity index (χ4v) is 9.00. The molecule has 3 aromatic rings. The number of rotatable bonds is 3. The summed E-state index contributed by atoms with van der Waals surface area (Å²) in [5.74, 6) is 2.52. The molecule has 1 saturated carbocycles. The molecule has 1 aromatic heterocycles. The molecule has 2 aromatic carbocycles. The zero-order valence-electron chi connectivity index (χ0n) is 20.3. The maximum Gasteiger partial charge on any atom is 0.166 e. The van der Waals surface area contributed by atoms with E-state index >= 15 is 0 Å². The smallest absolute Gasteiger partial charge is 0.166 e. The molecule has 0 unspecified atom stereocenters. The fourth-order valence-electron chi connectivity index (χ4n) is 9.00. The molecule has 180 valence electrons. The van der Waals surface area contributed by atoms with E-state index in [0.717, 1.165) is 69.2 Å². The largest absolute Gasteiger partial charge is 0.493 e. The van der Waals surface area contributed by atoms with Crippen LogP contribution in [0.25, 0.3) is 10.9 Å². The number of benzene rings is 2. The van der Waals surface area contributed by atoms with Crippen molar-refractivity contribution < 1.29 is 14.6 Å². The SMILES string of the molecule is COc1ccc2c3c1O[C@H]1c4c(c5cccc6c5n4CCC6)C[C@@]4(O)[C@@H](C2)N(CC2CC2)CC[C@]314. The fraction of sp³-hybridized carbons (Fsp3) is 0.533. The molecular weight excluding hydrogens is 436 g/mol. The maximum absolute atomic E-state index is 13.1. The summed E-state index contributed by atoms with van der Waals surface area (Å²) in [5.41, 5.74) is 6.86. The molecular formula is C30H32N2O3. The number of para-hydroxylation sites is 1. The molecule has 1 N–H and O–H groups in total.